The fourth-order valence-electron chi connectivity index (χ4n) is 2.42. The van der Waals surface area contributed by atoms with E-state index in [-0.39, 0.29) is 0 Å². The quantitative estimate of drug-likeness (QED) is 0.737. The highest BCUT2D eigenvalue weighted by Gasteiger charge is 2.14. The summed E-state index contributed by atoms with van der Waals surface area (Å²) in [4.78, 5) is 15.4. The van der Waals surface area contributed by atoms with Gasteiger partial charge in [-0.05, 0) is 32.9 Å². The number of hydrogen-bond donors (Lipinski definition) is 0. The maximum absolute atomic E-state index is 5.23. The van der Waals surface area contributed by atoms with Gasteiger partial charge in [-0.15, -0.1) is 0 Å². The Hall–Kier alpha value is -2.76. The highest BCUT2D eigenvalue weighted by atomic mass is 16.5. The molecule has 3 aromatic rings. The van der Waals surface area contributed by atoms with Crippen molar-refractivity contribution in [1.82, 2.24) is 20.1 Å². The minimum Gasteiger partial charge on any atom is -0.361 e. The molecule has 0 aromatic carbocycles. The third-order valence-electron chi connectivity index (χ3n) is 3.73. The number of nitrogens with zero attached hydrogens (tertiary/aromatic N) is 5. The Kier molecular flexibility index (Phi) is 4.06. The van der Waals surface area contributed by atoms with Crippen molar-refractivity contribution in [3.63, 3.8) is 0 Å². The molecule has 6 nitrogen and oxygen atoms in total. The van der Waals surface area contributed by atoms with Gasteiger partial charge >= 0.3 is 0 Å². The lowest BCUT2D eigenvalue weighted by atomic mass is 10.2. The van der Waals surface area contributed by atoms with Crippen LogP contribution in [0.3, 0.4) is 0 Å². The Balaban J connectivity index is 1.92. The fraction of sp³-hybridized carbons (Fsp3) is 0.294. The van der Waals surface area contributed by atoms with E-state index in [9.17, 15) is 0 Å². The van der Waals surface area contributed by atoms with E-state index in [0.29, 0.717) is 12.4 Å². The number of hydrogen-bond acceptors (Lipinski definition) is 6. The zero-order valence-corrected chi connectivity index (χ0v) is 13.7. The van der Waals surface area contributed by atoms with Crippen molar-refractivity contribution in [2.45, 2.75) is 27.3 Å². The molecule has 23 heavy (non-hydrogen) atoms. The first-order valence-corrected chi connectivity index (χ1v) is 7.43. The number of anilines is 1. The van der Waals surface area contributed by atoms with Crippen LogP contribution in [0.15, 0.2) is 35.1 Å². The Morgan fingerprint density at radius 3 is 2.65 bits per heavy atom. The average Bonchev–Trinajstić information content (AvgIpc) is 2.87. The minimum absolute atomic E-state index is 0.679. The number of aromatic nitrogens is 4. The molecule has 0 amide bonds. The van der Waals surface area contributed by atoms with Gasteiger partial charge in [0.05, 0.1) is 5.69 Å². The molecule has 0 saturated carbocycles. The second-order valence-electron chi connectivity index (χ2n) is 5.59. The van der Waals surface area contributed by atoms with Crippen molar-refractivity contribution >= 4 is 5.82 Å². The van der Waals surface area contributed by atoms with E-state index in [4.69, 9.17) is 4.52 Å². The first-order valence-electron chi connectivity index (χ1n) is 7.43. The van der Waals surface area contributed by atoms with Crippen molar-refractivity contribution in [3.05, 3.63) is 53.3 Å². The average molecular weight is 309 g/mol. The zero-order valence-electron chi connectivity index (χ0n) is 13.7. The summed E-state index contributed by atoms with van der Waals surface area (Å²) >= 11 is 0. The number of pyridine rings is 1. The van der Waals surface area contributed by atoms with Gasteiger partial charge < -0.3 is 9.42 Å². The van der Waals surface area contributed by atoms with Gasteiger partial charge in [0, 0.05) is 48.9 Å². The molecular weight excluding hydrogens is 290 g/mol. The Morgan fingerprint density at radius 2 is 2.00 bits per heavy atom. The molecular formula is C17H19N5O. The lowest BCUT2D eigenvalue weighted by Crippen LogP contribution is -2.19. The largest absolute Gasteiger partial charge is 0.361 e. The van der Waals surface area contributed by atoms with E-state index in [2.05, 4.69) is 25.0 Å². The SMILES string of the molecule is Cc1cc(N(C)Cc2c(C)noc2C)nc(-c2cccnc2)n1. The van der Waals surface area contributed by atoms with Crippen LogP contribution in [0.4, 0.5) is 5.82 Å². The first kappa shape index (κ1) is 15.1. The molecule has 118 valence electrons. The molecule has 0 N–H and O–H groups in total. The summed E-state index contributed by atoms with van der Waals surface area (Å²) in [7, 11) is 2.00. The fourth-order valence-corrected chi connectivity index (χ4v) is 2.42. The third-order valence-corrected chi connectivity index (χ3v) is 3.73. The van der Waals surface area contributed by atoms with Crippen LogP contribution in [0, 0.1) is 20.8 Å². The second kappa shape index (κ2) is 6.16. The Labute approximate surface area is 135 Å². The van der Waals surface area contributed by atoms with Gasteiger partial charge in [-0.3, -0.25) is 4.98 Å². The van der Waals surface area contributed by atoms with Crippen LogP contribution in [-0.4, -0.2) is 27.2 Å². The van der Waals surface area contributed by atoms with Gasteiger partial charge in [-0.25, -0.2) is 9.97 Å². The molecule has 0 aliphatic rings. The summed E-state index contributed by atoms with van der Waals surface area (Å²) in [5.41, 5.74) is 3.82. The second-order valence-corrected chi connectivity index (χ2v) is 5.59. The molecule has 0 unspecified atom stereocenters. The molecule has 0 aliphatic carbocycles. The normalized spacial score (nSPS) is 10.8. The van der Waals surface area contributed by atoms with E-state index in [0.717, 1.165) is 34.1 Å². The molecule has 0 aliphatic heterocycles. The molecule has 3 heterocycles. The molecule has 6 heteroatoms. The smallest absolute Gasteiger partial charge is 0.163 e. The van der Waals surface area contributed by atoms with Crippen LogP contribution in [0.25, 0.3) is 11.4 Å². The number of aryl methyl sites for hydroxylation is 3. The van der Waals surface area contributed by atoms with E-state index in [1.807, 2.05) is 46.0 Å². The molecule has 0 bridgehead atoms. The Bertz CT molecular complexity index is 794. The molecule has 0 atom stereocenters. The molecule has 0 radical (unpaired) electrons. The summed E-state index contributed by atoms with van der Waals surface area (Å²) in [5.74, 6) is 2.38. The Morgan fingerprint density at radius 1 is 1.17 bits per heavy atom. The van der Waals surface area contributed by atoms with Gasteiger partial charge in [-0.1, -0.05) is 5.16 Å². The lowest BCUT2D eigenvalue weighted by Gasteiger charge is -2.19. The molecule has 0 saturated heterocycles. The van der Waals surface area contributed by atoms with E-state index in [1.54, 1.807) is 12.4 Å². The van der Waals surface area contributed by atoms with Crippen LogP contribution in [0.1, 0.15) is 22.7 Å². The summed E-state index contributed by atoms with van der Waals surface area (Å²) in [6, 6.07) is 5.81. The zero-order chi connectivity index (χ0) is 16.4. The van der Waals surface area contributed by atoms with E-state index < -0.39 is 0 Å². The monoisotopic (exact) mass is 309 g/mol. The standard InChI is InChI=1S/C17H19N5O/c1-11-8-16(20-17(19-11)14-6-5-7-18-9-14)22(4)10-15-12(2)21-23-13(15)3/h5-9H,10H2,1-4H3. The topological polar surface area (TPSA) is 67.9 Å². The maximum Gasteiger partial charge on any atom is 0.163 e. The van der Waals surface area contributed by atoms with E-state index >= 15 is 0 Å². The predicted octanol–water partition coefficient (Wildman–Crippen LogP) is 3.09. The minimum atomic E-state index is 0.679. The van der Waals surface area contributed by atoms with Gasteiger partial charge in [0.25, 0.3) is 0 Å². The van der Waals surface area contributed by atoms with Crippen molar-refractivity contribution in [2.24, 2.45) is 0 Å². The molecule has 3 rings (SSSR count). The van der Waals surface area contributed by atoms with Gasteiger partial charge in [-0.2, -0.15) is 0 Å². The van der Waals surface area contributed by atoms with Gasteiger partial charge in [0.1, 0.15) is 11.6 Å². The van der Waals surface area contributed by atoms with Crippen molar-refractivity contribution in [3.8, 4) is 11.4 Å². The third kappa shape index (κ3) is 3.21. The molecule has 0 spiro atoms. The first-order chi connectivity index (χ1) is 11.0. The van der Waals surface area contributed by atoms with Crippen LogP contribution in [-0.2, 0) is 6.54 Å². The maximum atomic E-state index is 5.23. The van der Waals surface area contributed by atoms with Crippen molar-refractivity contribution in [2.75, 3.05) is 11.9 Å². The summed E-state index contributed by atoms with van der Waals surface area (Å²) in [5, 5.41) is 4.00. The van der Waals surface area contributed by atoms with Gasteiger partial charge in [0.2, 0.25) is 0 Å². The highest BCUT2D eigenvalue weighted by molar-refractivity contribution is 5.56. The van der Waals surface area contributed by atoms with Crippen molar-refractivity contribution < 1.29 is 4.52 Å². The van der Waals surface area contributed by atoms with Crippen LogP contribution < -0.4 is 4.90 Å². The van der Waals surface area contributed by atoms with Crippen LogP contribution in [0.5, 0.6) is 0 Å². The summed E-state index contributed by atoms with van der Waals surface area (Å²) in [6.45, 7) is 6.53. The summed E-state index contributed by atoms with van der Waals surface area (Å²) in [6.07, 6.45) is 3.51. The predicted molar refractivity (Wildman–Crippen MR) is 88.1 cm³/mol. The van der Waals surface area contributed by atoms with E-state index in [1.165, 1.54) is 0 Å². The van der Waals surface area contributed by atoms with Crippen LogP contribution in [0.2, 0.25) is 0 Å². The van der Waals surface area contributed by atoms with Gasteiger partial charge in [0.15, 0.2) is 5.82 Å². The molecule has 3 aromatic heterocycles. The lowest BCUT2D eigenvalue weighted by molar-refractivity contribution is 0.392. The van der Waals surface area contributed by atoms with Crippen molar-refractivity contribution in [1.29, 1.82) is 0 Å². The summed E-state index contributed by atoms with van der Waals surface area (Å²) < 4.78 is 5.23. The van der Waals surface area contributed by atoms with Crippen LogP contribution >= 0.6 is 0 Å². The highest BCUT2D eigenvalue weighted by Crippen LogP contribution is 2.21. The number of rotatable bonds is 4. The molecule has 0 fully saturated rings.